The maximum absolute atomic E-state index is 7.36. The lowest BCUT2D eigenvalue weighted by Crippen LogP contribution is -2.68. The van der Waals surface area contributed by atoms with Crippen molar-refractivity contribution in [1.29, 1.82) is 0 Å². The van der Waals surface area contributed by atoms with Crippen LogP contribution in [0, 0.1) is 11.8 Å². The Balaban J connectivity index is 1.45. The second kappa shape index (κ2) is 12.7. The lowest BCUT2D eigenvalue weighted by Gasteiger charge is -2.49. The van der Waals surface area contributed by atoms with Crippen LogP contribution < -0.4 is 26.5 Å². The molecule has 0 spiro atoms. The zero-order valence-corrected chi connectivity index (χ0v) is 28.8. The van der Waals surface area contributed by atoms with E-state index in [2.05, 4.69) is 163 Å². The van der Waals surface area contributed by atoms with E-state index in [1.807, 2.05) is 0 Å². The van der Waals surface area contributed by atoms with Gasteiger partial charge in [0.05, 0.1) is 0 Å². The Kier molecular flexibility index (Phi) is 9.31. The van der Waals surface area contributed by atoms with Crippen LogP contribution >= 0.6 is 0 Å². The number of hydrogen-bond acceptors (Lipinski definition) is 3. The largest absolute Gasteiger partial charge is 0.407 e. The second-order valence-electron chi connectivity index (χ2n) is 14.3. The van der Waals surface area contributed by atoms with Gasteiger partial charge in [0.2, 0.25) is 0 Å². The molecule has 0 aromatic heterocycles. The summed E-state index contributed by atoms with van der Waals surface area (Å²) in [6.07, 6.45) is 0.965. The van der Waals surface area contributed by atoms with Crippen LogP contribution in [0.2, 0.25) is 10.1 Å². The Morgan fingerprint density at radius 1 is 0.535 bits per heavy atom. The van der Waals surface area contributed by atoms with Crippen molar-refractivity contribution in [2.75, 3.05) is 13.2 Å². The first-order valence-corrected chi connectivity index (χ1v) is 19.6. The molecule has 4 aromatic rings. The van der Waals surface area contributed by atoms with Gasteiger partial charge in [-0.3, -0.25) is 0 Å². The van der Waals surface area contributed by atoms with E-state index in [4.69, 9.17) is 14.6 Å². The van der Waals surface area contributed by atoms with Gasteiger partial charge in [-0.1, -0.05) is 163 Å². The molecule has 43 heavy (non-hydrogen) atoms. The molecule has 0 saturated heterocycles. The quantitative estimate of drug-likeness (QED) is 0.222. The van der Waals surface area contributed by atoms with Gasteiger partial charge in [0, 0.05) is 25.2 Å². The average Bonchev–Trinajstić information content (AvgIpc) is 2.99. The van der Waals surface area contributed by atoms with Gasteiger partial charge in [-0.15, -0.1) is 0 Å². The number of benzene rings is 4. The molecule has 1 aliphatic rings. The van der Waals surface area contributed by atoms with E-state index in [1.54, 1.807) is 0 Å². The van der Waals surface area contributed by atoms with E-state index in [9.17, 15) is 0 Å². The number of rotatable bonds is 10. The van der Waals surface area contributed by atoms with Crippen LogP contribution in [-0.4, -0.2) is 35.9 Å². The summed E-state index contributed by atoms with van der Waals surface area (Å²) in [5.74, 6) is 0.606. The van der Waals surface area contributed by atoms with Gasteiger partial charge in [-0.25, -0.2) is 0 Å². The molecule has 2 N–H and O–H groups in total. The second-order valence-corrected chi connectivity index (χ2v) is 22.9. The molecule has 1 saturated carbocycles. The van der Waals surface area contributed by atoms with E-state index in [0.29, 0.717) is 19.1 Å². The van der Waals surface area contributed by atoms with Crippen LogP contribution in [0.5, 0.6) is 0 Å². The SMILES string of the molecule is CC(C)(C)[Si](OC[C@H]1C[C@@H](N)[C@@H]1CO[Si](c1ccccc1)(c1ccccc1)C(C)(C)C)(c1ccccc1)c1ccccc1. The summed E-state index contributed by atoms with van der Waals surface area (Å²) >= 11 is 0. The molecule has 3 atom stereocenters. The summed E-state index contributed by atoms with van der Waals surface area (Å²) in [5, 5.41) is 5.13. The van der Waals surface area contributed by atoms with Crippen molar-refractivity contribution in [3.8, 4) is 0 Å². The molecule has 5 rings (SSSR count). The van der Waals surface area contributed by atoms with Crippen molar-refractivity contribution < 1.29 is 8.85 Å². The highest BCUT2D eigenvalue weighted by Crippen LogP contribution is 2.42. The summed E-state index contributed by atoms with van der Waals surface area (Å²) in [6, 6.07) is 43.8. The molecular formula is C38H49NO2Si2. The molecule has 0 aliphatic heterocycles. The van der Waals surface area contributed by atoms with Crippen LogP contribution in [-0.2, 0) is 8.85 Å². The predicted octanol–water partition coefficient (Wildman–Crippen LogP) is 6.10. The summed E-state index contributed by atoms with van der Waals surface area (Å²) in [7, 11) is -5.25. The molecule has 0 bridgehead atoms. The van der Waals surface area contributed by atoms with E-state index in [0.717, 1.165) is 6.42 Å². The topological polar surface area (TPSA) is 44.5 Å². The third-order valence-electron chi connectivity index (χ3n) is 9.57. The van der Waals surface area contributed by atoms with Crippen molar-refractivity contribution in [1.82, 2.24) is 0 Å². The van der Waals surface area contributed by atoms with Gasteiger partial charge in [0.25, 0.3) is 16.6 Å². The molecule has 1 aliphatic carbocycles. The minimum absolute atomic E-state index is 0.0531. The molecule has 0 amide bonds. The normalized spacial score (nSPS) is 19.6. The highest BCUT2D eigenvalue weighted by atomic mass is 28.4. The fraction of sp³-hybridized carbons (Fsp3) is 0.368. The standard InChI is InChI=1S/C38H49NO2Si2/c1-37(2,3)42(31-19-11-7-12-20-31,32-21-13-8-14-22-32)40-28-30-27-36(39)35(30)29-41-43(38(4,5)6,33-23-15-9-16-24-33)34-25-17-10-18-26-34/h7-26,30,35-36H,27-29,39H2,1-6H3/t30-,35-,36-/m1/s1. The van der Waals surface area contributed by atoms with Crippen LogP contribution in [0.3, 0.4) is 0 Å². The average molecular weight is 608 g/mol. The minimum atomic E-state index is -2.64. The molecule has 4 aromatic carbocycles. The van der Waals surface area contributed by atoms with Crippen LogP contribution in [0.15, 0.2) is 121 Å². The number of nitrogens with two attached hydrogens (primary N) is 1. The maximum atomic E-state index is 7.36. The molecule has 1 fully saturated rings. The van der Waals surface area contributed by atoms with Crippen molar-refractivity contribution in [3.63, 3.8) is 0 Å². The van der Waals surface area contributed by atoms with Crippen LogP contribution in [0.25, 0.3) is 0 Å². The van der Waals surface area contributed by atoms with Gasteiger partial charge in [-0.05, 0) is 43.2 Å². The maximum Gasteiger partial charge on any atom is 0.261 e. The third-order valence-corrected chi connectivity index (χ3v) is 19.6. The molecule has 226 valence electrons. The van der Waals surface area contributed by atoms with Gasteiger partial charge >= 0.3 is 0 Å². The van der Waals surface area contributed by atoms with Crippen molar-refractivity contribution in [2.45, 2.75) is 64.1 Å². The van der Waals surface area contributed by atoms with Crippen molar-refractivity contribution in [2.24, 2.45) is 17.6 Å². The van der Waals surface area contributed by atoms with Gasteiger partial charge < -0.3 is 14.6 Å². The predicted molar refractivity (Wildman–Crippen MR) is 187 cm³/mol. The fourth-order valence-electron chi connectivity index (χ4n) is 7.28. The zero-order chi connectivity index (χ0) is 30.7. The molecule has 5 heteroatoms. The Morgan fingerprint density at radius 2 is 0.837 bits per heavy atom. The highest BCUT2D eigenvalue weighted by molar-refractivity contribution is 7.00. The number of hydrogen-bond donors (Lipinski definition) is 1. The van der Waals surface area contributed by atoms with Crippen molar-refractivity contribution in [3.05, 3.63) is 121 Å². The molecule has 0 heterocycles. The molecule has 0 radical (unpaired) electrons. The first-order valence-electron chi connectivity index (χ1n) is 15.8. The fourth-order valence-corrected chi connectivity index (χ4v) is 16.5. The Morgan fingerprint density at radius 3 is 1.12 bits per heavy atom. The summed E-state index contributed by atoms with van der Waals surface area (Å²) in [4.78, 5) is 0. The zero-order valence-electron chi connectivity index (χ0n) is 26.8. The Bertz CT molecular complexity index is 1350. The summed E-state index contributed by atoms with van der Waals surface area (Å²) in [6.45, 7) is 15.4. The summed E-state index contributed by atoms with van der Waals surface area (Å²) in [5.41, 5.74) is 6.77. The van der Waals surface area contributed by atoms with Gasteiger partial charge in [-0.2, -0.15) is 0 Å². The monoisotopic (exact) mass is 607 g/mol. The van der Waals surface area contributed by atoms with Crippen molar-refractivity contribution >= 4 is 37.4 Å². The smallest absolute Gasteiger partial charge is 0.261 e. The minimum Gasteiger partial charge on any atom is -0.407 e. The third kappa shape index (κ3) is 5.98. The van der Waals surface area contributed by atoms with E-state index < -0.39 is 16.6 Å². The molecule has 0 unspecified atom stereocenters. The Labute approximate surface area is 261 Å². The highest BCUT2D eigenvalue weighted by Gasteiger charge is 2.53. The van der Waals surface area contributed by atoms with E-state index in [-0.39, 0.29) is 22.0 Å². The van der Waals surface area contributed by atoms with E-state index >= 15 is 0 Å². The van der Waals surface area contributed by atoms with Gasteiger partial charge in [0.15, 0.2) is 0 Å². The van der Waals surface area contributed by atoms with E-state index in [1.165, 1.54) is 20.7 Å². The molecule has 3 nitrogen and oxygen atoms in total. The molecular weight excluding hydrogens is 559 g/mol. The van der Waals surface area contributed by atoms with Gasteiger partial charge in [0.1, 0.15) is 0 Å². The summed E-state index contributed by atoms with van der Waals surface area (Å²) < 4.78 is 14.7. The first-order chi connectivity index (χ1) is 20.5. The lowest BCUT2D eigenvalue weighted by atomic mass is 9.70. The first kappa shape index (κ1) is 31.6. The van der Waals surface area contributed by atoms with Crippen LogP contribution in [0.1, 0.15) is 48.0 Å². The Hall–Kier alpha value is -2.81. The lowest BCUT2D eigenvalue weighted by molar-refractivity contribution is 0.0347. The van der Waals surface area contributed by atoms with Crippen LogP contribution in [0.4, 0.5) is 0 Å².